The van der Waals surface area contributed by atoms with E-state index >= 15 is 0 Å². The molecule has 1 aromatic heterocycles. The zero-order valence-corrected chi connectivity index (χ0v) is 10.4. The number of fused-ring (bicyclic) bond motifs is 1. The highest BCUT2D eigenvalue weighted by atomic mass is 16.5. The van der Waals surface area contributed by atoms with Crippen LogP contribution in [0.5, 0.6) is 0 Å². The third kappa shape index (κ3) is 2.56. The van der Waals surface area contributed by atoms with Crippen LogP contribution in [0.25, 0.3) is 10.9 Å². The molecule has 0 spiro atoms. The second-order valence-electron chi connectivity index (χ2n) is 5.04. The second kappa shape index (κ2) is 4.34. The van der Waals surface area contributed by atoms with E-state index in [1.54, 1.807) is 0 Å². The van der Waals surface area contributed by atoms with Gasteiger partial charge in [-0.05, 0) is 38.3 Å². The number of ether oxygens (including phenoxy) is 1. The Morgan fingerprint density at radius 2 is 1.94 bits per heavy atom. The van der Waals surface area contributed by atoms with Crippen LogP contribution in [-0.4, -0.2) is 16.5 Å². The molecular formula is C14H17NO2. The molecule has 3 nitrogen and oxygen atoms in total. The molecule has 0 radical (unpaired) electrons. The Balaban J connectivity index is 2.40. The molecule has 3 heteroatoms. The lowest BCUT2D eigenvalue weighted by Gasteiger charge is -2.25. The first-order chi connectivity index (χ1) is 8.01. The molecule has 0 saturated carbocycles. The summed E-state index contributed by atoms with van der Waals surface area (Å²) in [5.74, 6) is 0. The summed E-state index contributed by atoms with van der Waals surface area (Å²) in [6.45, 7) is 5.82. The molecule has 90 valence electrons. The van der Waals surface area contributed by atoms with Crippen molar-refractivity contribution in [2.75, 3.05) is 0 Å². The van der Waals surface area contributed by atoms with Gasteiger partial charge < -0.3 is 9.30 Å². The van der Waals surface area contributed by atoms with E-state index in [-0.39, 0.29) is 5.60 Å². The van der Waals surface area contributed by atoms with Gasteiger partial charge >= 0.3 is 0 Å². The molecule has 1 unspecified atom stereocenters. The van der Waals surface area contributed by atoms with Crippen molar-refractivity contribution in [2.45, 2.75) is 32.6 Å². The van der Waals surface area contributed by atoms with Gasteiger partial charge in [-0.25, -0.2) is 0 Å². The van der Waals surface area contributed by atoms with Crippen LogP contribution in [0.4, 0.5) is 0 Å². The normalized spacial score (nSPS) is 13.8. The molecule has 0 bridgehead atoms. The number of aromatic nitrogens is 1. The molecular weight excluding hydrogens is 214 g/mol. The number of benzene rings is 1. The predicted molar refractivity (Wildman–Crippen MR) is 67.9 cm³/mol. The fourth-order valence-electron chi connectivity index (χ4n) is 1.84. The van der Waals surface area contributed by atoms with Gasteiger partial charge in [-0.1, -0.05) is 18.2 Å². The van der Waals surface area contributed by atoms with Crippen molar-refractivity contribution >= 4 is 17.2 Å². The molecule has 0 aliphatic carbocycles. The third-order valence-corrected chi connectivity index (χ3v) is 2.49. The molecule has 1 aromatic carbocycles. The number of hydrogen-bond donors (Lipinski definition) is 0. The van der Waals surface area contributed by atoms with E-state index in [0.29, 0.717) is 0 Å². The number of rotatable bonds is 3. The van der Waals surface area contributed by atoms with Gasteiger partial charge in [0.05, 0.1) is 11.1 Å². The molecule has 1 atom stereocenters. The van der Waals surface area contributed by atoms with E-state index in [1.807, 2.05) is 61.9 Å². The Hall–Kier alpha value is -1.61. The third-order valence-electron chi connectivity index (χ3n) is 2.49. The van der Waals surface area contributed by atoms with Crippen LogP contribution in [0.2, 0.25) is 0 Å². The summed E-state index contributed by atoms with van der Waals surface area (Å²) in [5.41, 5.74) is 0.658. The van der Waals surface area contributed by atoms with Gasteiger partial charge in [0.25, 0.3) is 0 Å². The van der Waals surface area contributed by atoms with Crippen LogP contribution < -0.4 is 0 Å². The summed E-state index contributed by atoms with van der Waals surface area (Å²) in [5, 5.41) is 1.11. The van der Waals surface area contributed by atoms with Gasteiger partial charge in [0.2, 0.25) is 0 Å². The van der Waals surface area contributed by atoms with Crippen LogP contribution in [0.3, 0.4) is 0 Å². The smallest absolute Gasteiger partial charge is 0.191 e. The Bertz CT molecular complexity index is 522. The van der Waals surface area contributed by atoms with E-state index < -0.39 is 6.23 Å². The Morgan fingerprint density at radius 1 is 1.24 bits per heavy atom. The molecule has 0 N–H and O–H groups in total. The van der Waals surface area contributed by atoms with E-state index in [4.69, 9.17) is 4.74 Å². The van der Waals surface area contributed by atoms with Crippen molar-refractivity contribution in [2.24, 2.45) is 0 Å². The Labute approximate surface area is 101 Å². The highest BCUT2D eigenvalue weighted by Crippen LogP contribution is 2.23. The van der Waals surface area contributed by atoms with Crippen LogP contribution in [0.15, 0.2) is 36.5 Å². The standard InChI is InChI=1S/C14H17NO2/c1-14(2,3)17-13(10-16)15-9-8-11-6-4-5-7-12(11)15/h4-10,13H,1-3H3. The number of hydrogen-bond acceptors (Lipinski definition) is 2. The van der Waals surface area contributed by atoms with E-state index in [9.17, 15) is 4.79 Å². The van der Waals surface area contributed by atoms with Crippen LogP contribution in [0, 0.1) is 0 Å². The molecule has 0 fully saturated rings. The number of aldehydes is 1. The first-order valence-corrected chi connectivity index (χ1v) is 5.70. The number of nitrogens with zero attached hydrogens (tertiary/aromatic N) is 1. The number of carbonyl (C=O) groups excluding carboxylic acids is 1. The molecule has 2 rings (SSSR count). The summed E-state index contributed by atoms with van der Waals surface area (Å²) < 4.78 is 7.59. The van der Waals surface area contributed by atoms with E-state index in [2.05, 4.69) is 0 Å². The summed E-state index contributed by atoms with van der Waals surface area (Å²) >= 11 is 0. The molecule has 0 amide bonds. The number of carbonyl (C=O) groups is 1. The Kier molecular flexibility index (Phi) is 3.03. The van der Waals surface area contributed by atoms with Gasteiger partial charge in [-0.3, -0.25) is 4.79 Å². The maximum absolute atomic E-state index is 11.2. The largest absolute Gasteiger partial charge is 0.345 e. The highest BCUT2D eigenvalue weighted by molar-refractivity contribution is 5.81. The molecule has 1 heterocycles. The second-order valence-corrected chi connectivity index (χ2v) is 5.04. The first kappa shape index (κ1) is 11.9. The first-order valence-electron chi connectivity index (χ1n) is 5.70. The van der Waals surface area contributed by atoms with E-state index in [1.165, 1.54) is 0 Å². The topological polar surface area (TPSA) is 31.2 Å². The van der Waals surface area contributed by atoms with Crippen molar-refractivity contribution < 1.29 is 9.53 Å². The van der Waals surface area contributed by atoms with Crippen molar-refractivity contribution in [1.82, 2.24) is 4.57 Å². The van der Waals surface area contributed by atoms with Gasteiger partial charge in [0.1, 0.15) is 0 Å². The van der Waals surface area contributed by atoms with Gasteiger partial charge in [0, 0.05) is 6.20 Å². The lowest BCUT2D eigenvalue weighted by Crippen LogP contribution is -2.26. The minimum atomic E-state index is -0.574. The van der Waals surface area contributed by atoms with Gasteiger partial charge in [-0.2, -0.15) is 0 Å². The maximum Gasteiger partial charge on any atom is 0.191 e. The Morgan fingerprint density at radius 3 is 2.59 bits per heavy atom. The SMILES string of the molecule is CC(C)(C)OC(C=O)n1ccc2ccccc21. The lowest BCUT2D eigenvalue weighted by molar-refractivity contribution is -0.137. The summed E-state index contributed by atoms with van der Waals surface area (Å²) in [6.07, 6.45) is 2.14. The lowest BCUT2D eigenvalue weighted by atomic mass is 10.2. The zero-order valence-electron chi connectivity index (χ0n) is 10.4. The average Bonchev–Trinajstić information content (AvgIpc) is 2.68. The van der Waals surface area contributed by atoms with Gasteiger partial charge in [-0.15, -0.1) is 0 Å². The van der Waals surface area contributed by atoms with Crippen molar-refractivity contribution in [3.63, 3.8) is 0 Å². The molecule has 2 aromatic rings. The van der Waals surface area contributed by atoms with Gasteiger partial charge in [0.15, 0.2) is 12.5 Å². The highest BCUT2D eigenvalue weighted by Gasteiger charge is 2.20. The minimum absolute atomic E-state index is 0.350. The van der Waals surface area contributed by atoms with Crippen molar-refractivity contribution in [3.05, 3.63) is 36.5 Å². The van der Waals surface area contributed by atoms with Crippen molar-refractivity contribution in [3.8, 4) is 0 Å². The minimum Gasteiger partial charge on any atom is -0.345 e. The van der Waals surface area contributed by atoms with Crippen LogP contribution >= 0.6 is 0 Å². The average molecular weight is 231 g/mol. The van der Waals surface area contributed by atoms with Crippen LogP contribution in [-0.2, 0) is 9.53 Å². The summed E-state index contributed by atoms with van der Waals surface area (Å²) in [4.78, 5) is 11.2. The summed E-state index contributed by atoms with van der Waals surface area (Å²) in [7, 11) is 0. The quantitative estimate of drug-likeness (QED) is 0.760. The fraction of sp³-hybridized carbons (Fsp3) is 0.357. The zero-order chi connectivity index (χ0) is 12.5. The van der Waals surface area contributed by atoms with Crippen LogP contribution in [0.1, 0.15) is 27.0 Å². The monoisotopic (exact) mass is 231 g/mol. The molecule has 0 aliphatic heterocycles. The van der Waals surface area contributed by atoms with Crippen molar-refractivity contribution in [1.29, 1.82) is 0 Å². The predicted octanol–water partition coefficient (Wildman–Crippen LogP) is 3.15. The maximum atomic E-state index is 11.2. The molecule has 0 saturated heterocycles. The number of para-hydroxylation sites is 1. The molecule has 17 heavy (non-hydrogen) atoms. The summed E-state index contributed by atoms with van der Waals surface area (Å²) in [6, 6.07) is 9.92. The van der Waals surface area contributed by atoms with E-state index in [0.717, 1.165) is 17.2 Å². The molecule has 0 aliphatic rings. The fourth-order valence-corrected chi connectivity index (χ4v) is 1.84.